The molecule has 0 aromatic carbocycles. The number of hydrogen-bond donors (Lipinski definition) is 0. The van der Waals surface area contributed by atoms with Gasteiger partial charge >= 0.3 is 11.9 Å². The molecule has 0 bridgehead atoms. The Kier molecular flexibility index (Phi) is 13.6. The molecule has 8 heteroatoms. The van der Waals surface area contributed by atoms with Gasteiger partial charge in [0.25, 0.3) is 0 Å². The van der Waals surface area contributed by atoms with Crippen molar-refractivity contribution < 1.29 is 28.7 Å². The largest absolute Gasteiger partial charge is 0.460 e. The highest BCUT2D eigenvalue weighted by molar-refractivity contribution is 5.97. The van der Waals surface area contributed by atoms with Gasteiger partial charge in [0.05, 0.1) is 6.42 Å². The third kappa shape index (κ3) is 16.9. The minimum atomic E-state index is -0.506. The molecule has 2 heterocycles. The summed E-state index contributed by atoms with van der Waals surface area (Å²) in [6, 6.07) is 6.81. The standard InChI is InChI=1S/C13H17NO3.C7H12O2.C6H5NO/c1-13(2,3)17-12(16)7-6-11(15)10-5-4-8-14-9-10;1-5-6(8)9-7(2,3)4;8-5-6-2-1-3-7-4-6/h4-5,8-9H,6-7H2,1-3H3;5H,1H2,2-4H3;1-5H. The molecule has 0 atom stereocenters. The van der Waals surface area contributed by atoms with Gasteiger partial charge in [0, 0.05) is 48.4 Å². The highest BCUT2D eigenvalue weighted by Crippen LogP contribution is 2.11. The van der Waals surface area contributed by atoms with E-state index in [4.69, 9.17) is 9.47 Å². The topological polar surface area (TPSA) is 113 Å². The molecule has 0 saturated heterocycles. The minimum absolute atomic E-state index is 0.0936. The summed E-state index contributed by atoms with van der Waals surface area (Å²) in [7, 11) is 0. The Bertz CT molecular complexity index is 914. The lowest BCUT2D eigenvalue weighted by Gasteiger charge is -2.19. The number of esters is 2. The van der Waals surface area contributed by atoms with E-state index in [2.05, 4.69) is 16.5 Å². The number of nitrogens with zero attached hydrogens (tertiary/aromatic N) is 2. The second-order valence-corrected chi connectivity index (χ2v) is 8.89. The number of aldehydes is 1. The van der Waals surface area contributed by atoms with Gasteiger partial charge in [0.1, 0.15) is 11.2 Å². The summed E-state index contributed by atoms with van der Waals surface area (Å²) < 4.78 is 9.95. The smallest absolute Gasteiger partial charge is 0.330 e. The molecule has 0 aliphatic heterocycles. The predicted octanol–water partition coefficient (Wildman–Crippen LogP) is 4.79. The highest BCUT2D eigenvalue weighted by Gasteiger charge is 2.17. The molecule has 2 aromatic rings. The molecule has 34 heavy (non-hydrogen) atoms. The van der Waals surface area contributed by atoms with Gasteiger partial charge < -0.3 is 9.47 Å². The molecule has 0 aliphatic rings. The quantitative estimate of drug-likeness (QED) is 0.256. The van der Waals surface area contributed by atoms with Gasteiger partial charge in [-0.05, 0) is 65.8 Å². The first kappa shape index (κ1) is 30.3. The number of aromatic nitrogens is 2. The SMILES string of the molecule is C=CC(=O)OC(C)(C)C.CC(C)(C)OC(=O)CCC(=O)c1cccnc1.O=Cc1cccnc1. The van der Waals surface area contributed by atoms with Gasteiger partial charge in [0.15, 0.2) is 12.1 Å². The van der Waals surface area contributed by atoms with Crippen molar-refractivity contribution in [3.8, 4) is 0 Å². The summed E-state index contributed by atoms with van der Waals surface area (Å²) in [6.45, 7) is 14.1. The van der Waals surface area contributed by atoms with Crippen LogP contribution in [0.3, 0.4) is 0 Å². The first-order chi connectivity index (χ1) is 15.8. The van der Waals surface area contributed by atoms with Crippen LogP contribution in [0, 0.1) is 0 Å². The molecule has 8 nitrogen and oxygen atoms in total. The van der Waals surface area contributed by atoms with Crippen molar-refractivity contribution in [2.75, 3.05) is 0 Å². The first-order valence-electron chi connectivity index (χ1n) is 10.6. The Morgan fingerprint density at radius 2 is 1.44 bits per heavy atom. The Balaban J connectivity index is 0.000000537. The summed E-state index contributed by atoms with van der Waals surface area (Å²) in [5.74, 6) is -0.818. The van der Waals surface area contributed by atoms with Crippen LogP contribution >= 0.6 is 0 Å². The summed E-state index contributed by atoms with van der Waals surface area (Å²) in [6.07, 6.45) is 8.44. The van der Waals surface area contributed by atoms with Gasteiger partial charge in [-0.15, -0.1) is 0 Å². The summed E-state index contributed by atoms with van der Waals surface area (Å²) in [5.41, 5.74) is 0.239. The third-order valence-corrected chi connectivity index (χ3v) is 3.35. The zero-order chi connectivity index (χ0) is 26.2. The zero-order valence-electron chi connectivity index (χ0n) is 20.7. The van der Waals surface area contributed by atoms with E-state index in [1.165, 1.54) is 12.4 Å². The number of hydrogen-bond acceptors (Lipinski definition) is 8. The highest BCUT2D eigenvalue weighted by atomic mass is 16.6. The number of carbonyl (C=O) groups is 4. The van der Waals surface area contributed by atoms with Gasteiger partial charge in [-0.2, -0.15) is 0 Å². The van der Waals surface area contributed by atoms with Crippen LogP contribution in [0.2, 0.25) is 0 Å². The average Bonchev–Trinajstić information content (AvgIpc) is 2.77. The molecule has 184 valence electrons. The molecule has 0 saturated carbocycles. The zero-order valence-corrected chi connectivity index (χ0v) is 20.7. The van der Waals surface area contributed by atoms with Gasteiger partial charge in [0.2, 0.25) is 0 Å². The summed E-state index contributed by atoms with van der Waals surface area (Å²) in [5, 5.41) is 0. The molecule has 0 unspecified atom stereocenters. The van der Waals surface area contributed by atoms with Crippen LogP contribution in [-0.2, 0) is 19.1 Å². The summed E-state index contributed by atoms with van der Waals surface area (Å²) >= 11 is 0. The van der Waals surface area contributed by atoms with E-state index in [0.29, 0.717) is 11.1 Å². The molecular formula is C26H34N2O6. The molecule has 0 N–H and O–H groups in total. The lowest BCUT2D eigenvalue weighted by Crippen LogP contribution is -2.24. The molecule has 0 fully saturated rings. The molecule has 0 radical (unpaired) electrons. The van der Waals surface area contributed by atoms with Crippen molar-refractivity contribution in [2.24, 2.45) is 0 Å². The fourth-order valence-electron chi connectivity index (χ4n) is 2.07. The second kappa shape index (κ2) is 15.2. The van der Waals surface area contributed by atoms with Crippen molar-refractivity contribution in [1.82, 2.24) is 9.97 Å². The van der Waals surface area contributed by atoms with E-state index in [9.17, 15) is 19.2 Å². The minimum Gasteiger partial charge on any atom is -0.460 e. The van der Waals surface area contributed by atoms with E-state index in [-0.39, 0.29) is 30.6 Å². The van der Waals surface area contributed by atoms with E-state index in [0.717, 1.165) is 12.4 Å². The maximum absolute atomic E-state index is 11.7. The van der Waals surface area contributed by atoms with E-state index < -0.39 is 11.2 Å². The first-order valence-corrected chi connectivity index (χ1v) is 10.6. The lowest BCUT2D eigenvalue weighted by atomic mass is 10.1. The van der Waals surface area contributed by atoms with E-state index in [1.807, 2.05) is 20.8 Å². The van der Waals surface area contributed by atoms with Crippen LogP contribution in [0.5, 0.6) is 0 Å². The maximum atomic E-state index is 11.7. The lowest BCUT2D eigenvalue weighted by molar-refractivity contribution is -0.154. The van der Waals surface area contributed by atoms with Crippen LogP contribution in [0.25, 0.3) is 0 Å². The monoisotopic (exact) mass is 470 g/mol. The summed E-state index contributed by atoms with van der Waals surface area (Å²) in [4.78, 5) is 51.1. The molecule has 0 aliphatic carbocycles. The number of Topliss-reactive ketones (excluding diaryl/α,β-unsaturated/α-hetero) is 1. The molecule has 2 aromatic heterocycles. The van der Waals surface area contributed by atoms with Crippen molar-refractivity contribution in [2.45, 2.75) is 65.6 Å². The Labute approximate surface area is 201 Å². The van der Waals surface area contributed by atoms with Crippen LogP contribution < -0.4 is 0 Å². The Hall–Kier alpha value is -3.68. The molecule has 0 amide bonds. The van der Waals surface area contributed by atoms with Crippen LogP contribution in [0.4, 0.5) is 0 Å². The molecule has 0 spiro atoms. The maximum Gasteiger partial charge on any atom is 0.330 e. The van der Waals surface area contributed by atoms with Crippen LogP contribution in [0.1, 0.15) is 75.1 Å². The number of ketones is 1. The fourth-order valence-corrected chi connectivity index (χ4v) is 2.07. The number of pyridine rings is 2. The number of rotatable bonds is 6. The van der Waals surface area contributed by atoms with Crippen molar-refractivity contribution in [3.05, 3.63) is 72.8 Å². The van der Waals surface area contributed by atoms with Crippen molar-refractivity contribution >= 4 is 24.0 Å². The Morgan fingerprint density at radius 3 is 1.79 bits per heavy atom. The fraction of sp³-hybridized carbons (Fsp3) is 0.385. The van der Waals surface area contributed by atoms with Gasteiger partial charge in [-0.1, -0.05) is 6.58 Å². The Morgan fingerprint density at radius 1 is 0.882 bits per heavy atom. The number of carbonyl (C=O) groups excluding carboxylic acids is 4. The van der Waals surface area contributed by atoms with E-state index >= 15 is 0 Å². The van der Waals surface area contributed by atoms with Gasteiger partial charge in [-0.3, -0.25) is 24.4 Å². The van der Waals surface area contributed by atoms with E-state index in [1.54, 1.807) is 57.4 Å². The van der Waals surface area contributed by atoms with Crippen LogP contribution in [-0.4, -0.2) is 45.2 Å². The third-order valence-electron chi connectivity index (χ3n) is 3.35. The van der Waals surface area contributed by atoms with Crippen molar-refractivity contribution in [1.29, 1.82) is 0 Å². The molecule has 2 rings (SSSR count). The predicted molar refractivity (Wildman–Crippen MR) is 129 cm³/mol. The van der Waals surface area contributed by atoms with Gasteiger partial charge in [-0.25, -0.2) is 4.79 Å². The van der Waals surface area contributed by atoms with Crippen LogP contribution in [0.15, 0.2) is 61.7 Å². The normalized spacial score (nSPS) is 10.3. The average molecular weight is 471 g/mol. The molecular weight excluding hydrogens is 436 g/mol. The number of ether oxygens (including phenoxy) is 2. The van der Waals surface area contributed by atoms with Crippen molar-refractivity contribution in [3.63, 3.8) is 0 Å². The second-order valence-electron chi connectivity index (χ2n) is 8.89.